The van der Waals surface area contributed by atoms with Crippen molar-refractivity contribution in [3.8, 4) is 11.4 Å². The summed E-state index contributed by atoms with van der Waals surface area (Å²) < 4.78 is 32.4. The molecule has 5 heterocycles. The van der Waals surface area contributed by atoms with Crippen LogP contribution >= 0.6 is 0 Å². The molecular weight excluding hydrogens is 1690 g/mol. The molecule has 10 N–H and O–H groups in total. The van der Waals surface area contributed by atoms with Crippen LogP contribution in [0.2, 0.25) is 0 Å². The minimum Gasteiger partial charge on any atom is -0.496 e. The minimum absolute atomic E-state index is 0.0688. The molecule has 14 aromatic rings. The largest absolute Gasteiger partial charge is 0.496 e. The number of guanidine groups is 4. The number of aliphatic imine (C=N–C) groups is 4. The fourth-order valence-electron chi connectivity index (χ4n) is 16.8. The number of hydrogen-bond acceptors (Lipinski definition) is 17. The molecule has 19 rings (SSSR count). The van der Waals surface area contributed by atoms with E-state index in [1.54, 1.807) is 48.4 Å². The van der Waals surface area contributed by atoms with Crippen molar-refractivity contribution in [2.75, 3.05) is 30.0 Å². The van der Waals surface area contributed by atoms with Crippen LogP contribution in [0.5, 0.6) is 5.75 Å². The number of anilines is 2. The molecule has 1 aliphatic carbocycles. The second-order valence-corrected chi connectivity index (χ2v) is 34.5. The molecule has 26 heteroatoms. The lowest BCUT2D eigenvalue weighted by molar-refractivity contribution is -0.131. The molecule has 0 atom stereocenters. The molecule has 1 fully saturated rings. The number of rotatable bonds is 25. The van der Waals surface area contributed by atoms with Gasteiger partial charge in [-0.2, -0.15) is 0 Å². The third-order valence-electron chi connectivity index (χ3n) is 24.0. The first-order chi connectivity index (χ1) is 64.5. The van der Waals surface area contributed by atoms with Gasteiger partial charge in [-0.1, -0.05) is 309 Å². The number of nitrogens with two attached hydrogens (primary N) is 4. The minimum atomic E-state index is -3.41. The molecule has 0 saturated heterocycles. The van der Waals surface area contributed by atoms with Crippen LogP contribution < -0.4 is 42.6 Å². The van der Waals surface area contributed by atoms with Crippen molar-refractivity contribution in [1.29, 1.82) is 0 Å². The molecule has 13 aromatic carbocycles. The third-order valence-corrected chi connectivity index (χ3v) is 25.2. The number of sulfonamides is 1. The summed E-state index contributed by atoms with van der Waals surface area (Å²) in [5.74, 6) is 0.554. The van der Waals surface area contributed by atoms with E-state index < -0.39 is 32.2 Å². The number of nitrogens with zero attached hydrogens (tertiary/aromatic N) is 10. The van der Waals surface area contributed by atoms with Gasteiger partial charge in [-0.25, -0.2) is 28.4 Å². The van der Waals surface area contributed by atoms with Crippen molar-refractivity contribution >= 4 is 80.7 Å². The van der Waals surface area contributed by atoms with Gasteiger partial charge in [-0.15, -0.1) is 0 Å². The van der Waals surface area contributed by atoms with E-state index in [0.29, 0.717) is 36.6 Å². The smallest absolute Gasteiger partial charge is 0.266 e. The molecule has 0 spiro atoms. The topological polar surface area (TPSA) is 344 Å². The zero-order chi connectivity index (χ0) is 92.9. The molecule has 0 bridgehead atoms. The Balaban J connectivity index is 0.000000130. The van der Waals surface area contributed by atoms with E-state index in [1.165, 1.54) is 26.1 Å². The Morgan fingerprint density at radius 2 is 0.707 bits per heavy atom. The number of amides is 6. The number of benzene rings is 13. The lowest BCUT2D eigenvalue weighted by Gasteiger charge is -2.27. The normalized spacial score (nSPS) is 15.5. The van der Waals surface area contributed by atoms with Crippen molar-refractivity contribution in [3.63, 3.8) is 0 Å². The SMILES string of the molecule is CN(c1cccc(CN2C(=O)C(c3ccccc3)(c3ccccc3)N=C2N)c1)S(C)(=O)=O.COc1ccccc1CNC(=O)c1cccc(CN2C(=O)C(c3ccccc3)(c3ccccc3)N=C2N)c1.NC1=NC(c2ccccc2)(c2ccccc2)C(=O)N1Cc1ccc(-n2cccc2)cc1.NC1=NC(c2ccccc2)(c2ccccc2)C(=O)N1Cc1ccc(NC(=O)C2CC2)cc1. The van der Waals surface area contributed by atoms with Gasteiger partial charge in [0.2, 0.25) is 15.9 Å². The molecule has 25 nitrogen and oxygen atoms in total. The predicted octanol–water partition coefficient (Wildman–Crippen LogP) is 14.6. The van der Waals surface area contributed by atoms with E-state index in [1.807, 2.05) is 357 Å². The molecule has 0 radical (unpaired) electrons. The summed E-state index contributed by atoms with van der Waals surface area (Å²) in [6, 6.07) is 117. The molecule has 1 aromatic heterocycles. The lowest BCUT2D eigenvalue weighted by Crippen LogP contribution is -2.43. The van der Waals surface area contributed by atoms with E-state index in [-0.39, 0.29) is 78.3 Å². The van der Waals surface area contributed by atoms with Crippen LogP contribution in [-0.2, 0) is 88.9 Å². The van der Waals surface area contributed by atoms with Gasteiger partial charge in [0.05, 0.1) is 45.2 Å². The van der Waals surface area contributed by atoms with Crippen molar-refractivity contribution in [3.05, 3.63) is 466 Å². The zero-order valence-electron chi connectivity index (χ0n) is 73.3. The van der Waals surface area contributed by atoms with Crippen LogP contribution in [0.3, 0.4) is 0 Å². The zero-order valence-corrected chi connectivity index (χ0v) is 74.2. The number of carbonyl (C=O) groups is 6. The summed E-state index contributed by atoms with van der Waals surface area (Å²) in [5, 5.41) is 5.87. The van der Waals surface area contributed by atoms with E-state index in [2.05, 4.69) is 15.6 Å². The maximum atomic E-state index is 14.0. The standard InChI is InChI=1S/C31H28N4O3.C26H24N4O2.C26H22N4O.C24H24N4O3S/c1-38-27-18-9-8-12-24(27)20-33-28(36)23-13-10-11-22(19-23)21-35-29(37)31(34-30(35)32,25-14-4-2-5-15-25)26-16-6-3-7-17-26;27-25-29-26(20-7-3-1-4-8-20,21-9-5-2-6-10-21)24(32)30(25)17-18-11-15-22(16-12-18)28-23(31)19-13-14-19;27-25-28-26(21-9-3-1-4-10-21,22-11-5-2-6-12-22)24(31)30(25)19-20-13-15-23(16-14-20)29-17-7-8-18-29;1-27(32(2,30)31)21-15-9-10-18(16-21)17-28-22(29)24(26-23(28)25,19-11-5-3-6-12-19)20-13-7-4-8-14-20/h2-19H,20-21H2,1H3,(H2,32,34)(H,33,36);1-12,15-16,19H,13-14,17H2,(H2,27,29)(H,28,31);1-18H,19H2,(H2,27,28);3-16H,17H2,1-2H3,(H2,25,26). The molecule has 5 aliphatic rings. The molecule has 133 heavy (non-hydrogen) atoms. The Morgan fingerprint density at radius 3 is 1.05 bits per heavy atom. The summed E-state index contributed by atoms with van der Waals surface area (Å²) in [5.41, 5.74) is 33.5. The fourth-order valence-corrected chi connectivity index (χ4v) is 17.3. The predicted molar refractivity (Wildman–Crippen MR) is 517 cm³/mol. The van der Waals surface area contributed by atoms with Gasteiger partial charge >= 0.3 is 0 Å². The van der Waals surface area contributed by atoms with Crippen LogP contribution in [0, 0.1) is 5.92 Å². The second-order valence-electron chi connectivity index (χ2n) is 32.5. The first-order valence-corrected chi connectivity index (χ1v) is 45.1. The molecule has 0 unspecified atom stereocenters. The lowest BCUT2D eigenvalue weighted by atomic mass is 9.83. The van der Waals surface area contributed by atoms with Crippen LogP contribution in [0.25, 0.3) is 5.69 Å². The van der Waals surface area contributed by atoms with Crippen LogP contribution in [0.1, 0.15) is 95.5 Å². The van der Waals surface area contributed by atoms with Crippen LogP contribution in [-0.4, -0.2) is 112 Å². The summed E-state index contributed by atoms with van der Waals surface area (Å²) in [6.45, 7) is 1.34. The van der Waals surface area contributed by atoms with Crippen LogP contribution in [0.15, 0.2) is 408 Å². The Labute approximate surface area is 771 Å². The van der Waals surface area contributed by atoms with Gasteiger partial charge in [0.25, 0.3) is 29.5 Å². The number of nitrogens with one attached hydrogen (secondary N) is 2. The maximum Gasteiger partial charge on any atom is 0.266 e. The van der Waals surface area contributed by atoms with Gasteiger partial charge < -0.3 is 42.9 Å². The monoisotopic (exact) mass is 1780 g/mol. The fraction of sp³-hybridized carbons (Fsp3) is 0.140. The summed E-state index contributed by atoms with van der Waals surface area (Å²) >= 11 is 0. The number of para-hydroxylation sites is 1. The Bertz CT molecular complexity index is 6630. The number of aromatic nitrogens is 1. The summed E-state index contributed by atoms with van der Waals surface area (Å²) in [6.07, 6.45) is 7.06. The highest BCUT2D eigenvalue weighted by molar-refractivity contribution is 7.92. The van der Waals surface area contributed by atoms with E-state index >= 15 is 0 Å². The molecule has 4 aliphatic heterocycles. The highest BCUT2D eigenvalue weighted by Crippen LogP contribution is 2.45. The van der Waals surface area contributed by atoms with Gasteiger partial charge in [-0.3, -0.25) is 52.7 Å². The van der Waals surface area contributed by atoms with Gasteiger partial charge in [0, 0.05) is 54.4 Å². The van der Waals surface area contributed by atoms with Gasteiger partial charge in [0.15, 0.2) is 46.0 Å². The quantitative estimate of drug-likeness (QED) is 0.0310. The molecular formula is C107H98N16O9S. The Kier molecular flexibility index (Phi) is 26.4. The number of methoxy groups -OCH3 is 1. The van der Waals surface area contributed by atoms with Crippen molar-refractivity contribution in [1.82, 2.24) is 29.5 Å². The number of ether oxygens (including phenoxy) is 1. The Morgan fingerprint density at radius 1 is 0.391 bits per heavy atom. The first kappa shape index (κ1) is 89.8. The number of hydrogen-bond donors (Lipinski definition) is 6. The Hall–Kier alpha value is -16.6. The average molecular weight is 1780 g/mol. The van der Waals surface area contributed by atoms with E-state index in [9.17, 15) is 37.2 Å². The highest BCUT2D eigenvalue weighted by atomic mass is 32.2. The van der Waals surface area contributed by atoms with Gasteiger partial charge in [0.1, 0.15) is 5.75 Å². The first-order valence-electron chi connectivity index (χ1n) is 43.3. The highest BCUT2D eigenvalue weighted by Gasteiger charge is 2.55. The third kappa shape index (κ3) is 18.7. The van der Waals surface area contributed by atoms with Crippen molar-refractivity contribution in [2.24, 2.45) is 48.8 Å². The number of carbonyl (C=O) groups excluding carboxylic acids is 6. The summed E-state index contributed by atoms with van der Waals surface area (Å²) in [7, 11) is -0.320. The maximum absolute atomic E-state index is 14.0. The molecule has 666 valence electrons. The molecule has 6 amide bonds. The van der Waals surface area contributed by atoms with Gasteiger partial charge in [-0.05, 0) is 146 Å². The summed E-state index contributed by atoms with van der Waals surface area (Å²) in [4.78, 5) is 105. The van der Waals surface area contributed by atoms with E-state index in [4.69, 9.17) is 42.6 Å². The van der Waals surface area contributed by atoms with Crippen LogP contribution in [0.4, 0.5) is 11.4 Å². The van der Waals surface area contributed by atoms with Crippen molar-refractivity contribution in [2.45, 2.75) is 67.7 Å². The second kappa shape index (κ2) is 39.1. The van der Waals surface area contributed by atoms with Crippen molar-refractivity contribution < 1.29 is 41.9 Å². The molecule has 1 saturated carbocycles. The average Bonchev–Trinajstić information content (AvgIpc) is 1.60. The van der Waals surface area contributed by atoms with E-state index in [0.717, 1.165) is 103 Å².